The van der Waals surface area contributed by atoms with Gasteiger partial charge in [-0.25, -0.2) is 4.39 Å². The first-order valence-corrected chi connectivity index (χ1v) is 6.88. The summed E-state index contributed by atoms with van der Waals surface area (Å²) >= 11 is 5.63. The number of unbranched alkanes of at least 4 members (excludes halogenated alkanes) is 3. The minimum atomic E-state index is -0.164. The minimum absolute atomic E-state index is 0.164. The van der Waals surface area contributed by atoms with Crippen LogP contribution in [0.5, 0.6) is 0 Å². The first-order valence-electron chi connectivity index (χ1n) is 6.34. The van der Waals surface area contributed by atoms with Gasteiger partial charge in [0.15, 0.2) is 0 Å². The van der Waals surface area contributed by atoms with Crippen molar-refractivity contribution < 1.29 is 4.39 Å². The van der Waals surface area contributed by atoms with Gasteiger partial charge < -0.3 is 4.90 Å². The maximum absolute atomic E-state index is 13.1. The van der Waals surface area contributed by atoms with Gasteiger partial charge in [-0.3, -0.25) is 0 Å². The first-order chi connectivity index (χ1) is 8.27. The lowest BCUT2D eigenvalue weighted by molar-refractivity contribution is 0.623. The summed E-state index contributed by atoms with van der Waals surface area (Å²) < 4.78 is 13.1. The molecule has 0 radical (unpaired) electrons. The largest absolute Gasteiger partial charge is 0.372 e. The van der Waals surface area contributed by atoms with E-state index in [-0.39, 0.29) is 5.82 Å². The third-order valence-corrected chi connectivity index (χ3v) is 3.13. The highest BCUT2D eigenvalue weighted by molar-refractivity contribution is 6.17. The Morgan fingerprint density at radius 2 is 1.94 bits per heavy atom. The van der Waals surface area contributed by atoms with Crippen molar-refractivity contribution in [2.75, 3.05) is 23.9 Å². The lowest BCUT2D eigenvalue weighted by atomic mass is 10.2. The molecule has 0 aliphatic carbocycles. The molecule has 0 spiro atoms. The maximum atomic E-state index is 13.1. The summed E-state index contributed by atoms with van der Waals surface area (Å²) in [5.74, 6) is 0.588. The smallest absolute Gasteiger partial charge is 0.125 e. The molecule has 17 heavy (non-hydrogen) atoms. The van der Waals surface area contributed by atoms with E-state index in [1.807, 2.05) is 6.07 Å². The standard InChI is InChI=1S/C14H21ClFN/c1-2-17(11-6-4-3-5-10-15)14-9-7-8-13(16)12-14/h7-9,12H,2-6,10-11H2,1H3. The number of alkyl halides is 1. The van der Waals surface area contributed by atoms with Crippen LogP contribution in [-0.4, -0.2) is 19.0 Å². The van der Waals surface area contributed by atoms with Gasteiger partial charge in [0.05, 0.1) is 0 Å². The van der Waals surface area contributed by atoms with Crippen molar-refractivity contribution in [3.63, 3.8) is 0 Å². The molecule has 0 aliphatic rings. The van der Waals surface area contributed by atoms with E-state index in [0.717, 1.165) is 37.5 Å². The van der Waals surface area contributed by atoms with E-state index in [4.69, 9.17) is 11.6 Å². The van der Waals surface area contributed by atoms with Crippen molar-refractivity contribution >= 4 is 17.3 Å². The molecule has 1 rings (SSSR count). The third kappa shape index (κ3) is 5.40. The van der Waals surface area contributed by atoms with E-state index in [9.17, 15) is 4.39 Å². The second-order valence-electron chi connectivity index (χ2n) is 4.16. The van der Waals surface area contributed by atoms with Gasteiger partial charge in [-0.2, -0.15) is 0 Å². The topological polar surface area (TPSA) is 3.24 Å². The van der Waals surface area contributed by atoms with Gasteiger partial charge in [0.1, 0.15) is 5.82 Å². The van der Waals surface area contributed by atoms with E-state index < -0.39 is 0 Å². The zero-order valence-corrected chi connectivity index (χ0v) is 11.2. The minimum Gasteiger partial charge on any atom is -0.372 e. The van der Waals surface area contributed by atoms with Crippen LogP contribution in [0.4, 0.5) is 10.1 Å². The van der Waals surface area contributed by atoms with Crippen molar-refractivity contribution in [3.05, 3.63) is 30.1 Å². The molecule has 0 saturated carbocycles. The Kier molecular flexibility index (Phi) is 7.02. The molecular weight excluding hydrogens is 237 g/mol. The average molecular weight is 258 g/mol. The summed E-state index contributed by atoms with van der Waals surface area (Å²) in [6.07, 6.45) is 4.61. The first kappa shape index (κ1) is 14.3. The molecule has 1 aromatic carbocycles. The normalized spacial score (nSPS) is 10.5. The molecule has 1 nitrogen and oxygen atoms in total. The number of anilines is 1. The van der Waals surface area contributed by atoms with Crippen LogP contribution in [0, 0.1) is 5.82 Å². The quantitative estimate of drug-likeness (QED) is 0.491. The van der Waals surface area contributed by atoms with Crippen LogP contribution in [0.25, 0.3) is 0 Å². The SMILES string of the molecule is CCN(CCCCCCCl)c1cccc(F)c1. The van der Waals surface area contributed by atoms with E-state index in [2.05, 4.69) is 11.8 Å². The fourth-order valence-electron chi connectivity index (χ4n) is 1.89. The van der Waals surface area contributed by atoms with Gasteiger partial charge in [0.2, 0.25) is 0 Å². The van der Waals surface area contributed by atoms with Crippen LogP contribution < -0.4 is 4.90 Å². The predicted octanol–water partition coefficient (Wildman–Crippen LogP) is 4.45. The predicted molar refractivity (Wildman–Crippen MR) is 73.5 cm³/mol. The summed E-state index contributed by atoms with van der Waals surface area (Å²) in [5.41, 5.74) is 0.977. The van der Waals surface area contributed by atoms with Gasteiger partial charge in [-0.05, 0) is 38.0 Å². The van der Waals surface area contributed by atoms with Gasteiger partial charge in [0, 0.05) is 24.7 Å². The number of hydrogen-bond acceptors (Lipinski definition) is 1. The third-order valence-electron chi connectivity index (χ3n) is 2.87. The zero-order chi connectivity index (χ0) is 12.5. The molecular formula is C14H21ClFN. The fourth-order valence-corrected chi connectivity index (χ4v) is 2.08. The van der Waals surface area contributed by atoms with Crippen molar-refractivity contribution in [1.29, 1.82) is 0 Å². The Bertz CT molecular complexity index is 317. The zero-order valence-electron chi connectivity index (χ0n) is 10.5. The van der Waals surface area contributed by atoms with Gasteiger partial charge in [-0.1, -0.05) is 18.9 Å². The van der Waals surface area contributed by atoms with Gasteiger partial charge >= 0.3 is 0 Å². The van der Waals surface area contributed by atoms with Crippen LogP contribution in [0.1, 0.15) is 32.6 Å². The molecule has 0 N–H and O–H groups in total. The van der Waals surface area contributed by atoms with E-state index in [1.54, 1.807) is 12.1 Å². The van der Waals surface area contributed by atoms with Crippen molar-refractivity contribution in [3.8, 4) is 0 Å². The van der Waals surface area contributed by atoms with E-state index in [0.29, 0.717) is 0 Å². The van der Waals surface area contributed by atoms with Crippen molar-refractivity contribution in [2.45, 2.75) is 32.6 Å². The molecule has 0 heterocycles. The van der Waals surface area contributed by atoms with Crippen LogP contribution in [0.15, 0.2) is 24.3 Å². The molecule has 0 unspecified atom stereocenters. The Hall–Kier alpha value is -0.760. The molecule has 0 aromatic heterocycles. The van der Waals surface area contributed by atoms with E-state index >= 15 is 0 Å². The molecule has 0 fully saturated rings. The second-order valence-corrected chi connectivity index (χ2v) is 4.54. The van der Waals surface area contributed by atoms with Crippen LogP contribution >= 0.6 is 11.6 Å². The van der Waals surface area contributed by atoms with Crippen molar-refractivity contribution in [2.24, 2.45) is 0 Å². The number of rotatable bonds is 8. The average Bonchev–Trinajstić information content (AvgIpc) is 2.34. The lowest BCUT2D eigenvalue weighted by Gasteiger charge is -2.23. The molecule has 0 amide bonds. The number of hydrogen-bond donors (Lipinski definition) is 0. The molecule has 0 saturated heterocycles. The summed E-state index contributed by atoms with van der Waals surface area (Å²) in [6, 6.07) is 6.81. The Balaban J connectivity index is 2.38. The van der Waals surface area contributed by atoms with Crippen LogP contribution in [0.3, 0.4) is 0 Å². The molecule has 0 bridgehead atoms. The molecule has 3 heteroatoms. The van der Waals surface area contributed by atoms with Crippen LogP contribution in [-0.2, 0) is 0 Å². The summed E-state index contributed by atoms with van der Waals surface area (Å²) in [4.78, 5) is 2.21. The Morgan fingerprint density at radius 1 is 1.18 bits per heavy atom. The van der Waals surface area contributed by atoms with Crippen LogP contribution in [0.2, 0.25) is 0 Å². The summed E-state index contributed by atoms with van der Waals surface area (Å²) in [7, 11) is 0. The summed E-state index contributed by atoms with van der Waals surface area (Å²) in [6.45, 7) is 4.00. The van der Waals surface area contributed by atoms with Crippen molar-refractivity contribution in [1.82, 2.24) is 0 Å². The molecule has 0 aliphatic heterocycles. The number of halogens is 2. The second kappa shape index (κ2) is 8.35. The highest BCUT2D eigenvalue weighted by Gasteiger charge is 2.04. The van der Waals surface area contributed by atoms with Gasteiger partial charge in [-0.15, -0.1) is 11.6 Å². The van der Waals surface area contributed by atoms with E-state index in [1.165, 1.54) is 18.9 Å². The number of nitrogens with zero attached hydrogens (tertiary/aromatic N) is 1. The Labute approximate surface area is 109 Å². The monoisotopic (exact) mass is 257 g/mol. The maximum Gasteiger partial charge on any atom is 0.125 e. The lowest BCUT2D eigenvalue weighted by Crippen LogP contribution is -2.23. The highest BCUT2D eigenvalue weighted by Crippen LogP contribution is 2.16. The molecule has 0 atom stereocenters. The molecule has 96 valence electrons. The highest BCUT2D eigenvalue weighted by atomic mass is 35.5. The summed E-state index contributed by atoms with van der Waals surface area (Å²) in [5, 5.41) is 0. The Morgan fingerprint density at radius 3 is 2.59 bits per heavy atom. The molecule has 1 aromatic rings. The van der Waals surface area contributed by atoms with Gasteiger partial charge in [0.25, 0.3) is 0 Å². The fraction of sp³-hybridized carbons (Fsp3) is 0.571. The number of benzene rings is 1.